The third-order valence-electron chi connectivity index (χ3n) is 3.11. The van der Waals surface area contributed by atoms with E-state index in [4.69, 9.17) is 5.73 Å². The lowest BCUT2D eigenvalue weighted by Gasteiger charge is -2.13. The molecule has 0 saturated heterocycles. The van der Waals surface area contributed by atoms with Gasteiger partial charge in [0.2, 0.25) is 0 Å². The van der Waals surface area contributed by atoms with Crippen molar-refractivity contribution in [3.8, 4) is 0 Å². The van der Waals surface area contributed by atoms with E-state index in [1.165, 1.54) is 6.33 Å². The van der Waals surface area contributed by atoms with Crippen LogP contribution in [0.15, 0.2) is 42.7 Å². The maximum Gasteiger partial charge on any atom is 0.252 e. The number of nitrogens with two attached hydrogens (primary N) is 1. The van der Waals surface area contributed by atoms with Gasteiger partial charge in [0.25, 0.3) is 5.78 Å². The maximum atomic E-state index is 6.25. The van der Waals surface area contributed by atoms with Crippen molar-refractivity contribution in [3.05, 3.63) is 59.7 Å². The Morgan fingerprint density at radius 1 is 1.26 bits per heavy atom. The highest BCUT2D eigenvalue weighted by Gasteiger charge is 2.11. The summed E-state index contributed by atoms with van der Waals surface area (Å²) >= 11 is 0. The molecule has 1 unspecified atom stereocenters. The third kappa shape index (κ3) is 2.32. The number of benzene rings is 1. The molecule has 96 valence electrons. The summed E-state index contributed by atoms with van der Waals surface area (Å²) in [6.45, 7) is 1.95. The number of nitrogens with zero attached hydrogens (tertiary/aromatic N) is 4. The van der Waals surface area contributed by atoms with Gasteiger partial charge in [-0.1, -0.05) is 30.3 Å². The second-order valence-corrected chi connectivity index (χ2v) is 4.58. The van der Waals surface area contributed by atoms with Crippen LogP contribution in [0.1, 0.15) is 23.0 Å². The number of aryl methyl sites for hydroxylation is 1. The molecule has 0 bridgehead atoms. The van der Waals surface area contributed by atoms with Crippen LogP contribution in [0.3, 0.4) is 0 Å². The molecule has 2 aromatic heterocycles. The summed E-state index contributed by atoms with van der Waals surface area (Å²) in [5.41, 5.74) is 9.32. The molecule has 0 saturated carbocycles. The molecule has 1 atom stereocenters. The predicted molar refractivity (Wildman–Crippen MR) is 72.6 cm³/mol. The van der Waals surface area contributed by atoms with Crippen LogP contribution in [0.2, 0.25) is 0 Å². The first-order valence-electron chi connectivity index (χ1n) is 6.21. The molecule has 0 radical (unpaired) electrons. The van der Waals surface area contributed by atoms with Crippen LogP contribution < -0.4 is 5.73 Å². The van der Waals surface area contributed by atoms with Crippen LogP contribution >= 0.6 is 0 Å². The lowest BCUT2D eigenvalue weighted by molar-refractivity contribution is 0.679. The fraction of sp³-hybridized carbons (Fsp3) is 0.214. The van der Waals surface area contributed by atoms with E-state index < -0.39 is 0 Å². The standard InChI is InChI=1S/C14H15N5/c1-10-7-12(19-14(18-10)16-9-17-19)8-13(15)11-5-3-2-4-6-11/h2-7,9,13H,8,15H2,1H3. The minimum atomic E-state index is -0.0598. The first-order valence-corrected chi connectivity index (χ1v) is 6.21. The van der Waals surface area contributed by atoms with Crippen molar-refractivity contribution in [1.82, 2.24) is 19.6 Å². The Balaban J connectivity index is 1.95. The van der Waals surface area contributed by atoms with Gasteiger partial charge >= 0.3 is 0 Å². The highest BCUT2D eigenvalue weighted by molar-refractivity contribution is 5.31. The maximum absolute atomic E-state index is 6.25. The van der Waals surface area contributed by atoms with Crippen molar-refractivity contribution in [2.45, 2.75) is 19.4 Å². The molecule has 19 heavy (non-hydrogen) atoms. The fourth-order valence-electron chi connectivity index (χ4n) is 2.20. The highest BCUT2D eigenvalue weighted by Crippen LogP contribution is 2.16. The molecular weight excluding hydrogens is 238 g/mol. The first-order chi connectivity index (χ1) is 9.24. The Labute approximate surface area is 111 Å². The van der Waals surface area contributed by atoms with Gasteiger partial charge in [-0.15, -0.1) is 0 Å². The zero-order valence-corrected chi connectivity index (χ0v) is 10.7. The molecule has 3 rings (SSSR count). The smallest absolute Gasteiger partial charge is 0.252 e. The average Bonchev–Trinajstić information content (AvgIpc) is 2.88. The number of hydrogen-bond acceptors (Lipinski definition) is 4. The van der Waals surface area contributed by atoms with Gasteiger partial charge < -0.3 is 5.73 Å². The van der Waals surface area contributed by atoms with Crippen molar-refractivity contribution in [2.24, 2.45) is 5.73 Å². The molecule has 0 fully saturated rings. The van der Waals surface area contributed by atoms with Gasteiger partial charge in [0.15, 0.2) is 0 Å². The molecular formula is C14H15N5. The zero-order chi connectivity index (χ0) is 13.2. The highest BCUT2D eigenvalue weighted by atomic mass is 15.3. The molecule has 0 aliphatic rings. The minimum absolute atomic E-state index is 0.0598. The van der Waals surface area contributed by atoms with Gasteiger partial charge in [0.05, 0.1) is 0 Å². The van der Waals surface area contributed by atoms with Gasteiger partial charge in [-0.05, 0) is 18.6 Å². The Morgan fingerprint density at radius 3 is 2.84 bits per heavy atom. The lowest BCUT2D eigenvalue weighted by Crippen LogP contribution is -2.16. The fourth-order valence-corrected chi connectivity index (χ4v) is 2.20. The van der Waals surface area contributed by atoms with Gasteiger partial charge in [-0.25, -0.2) is 9.50 Å². The van der Waals surface area contributed by atoms with Crippen LogP contribution in [0.25, 0.3) is 5.78 Å². The van der Waals surface area contributed by atoms with Gasteiger partial charge in [-0.2, -0.15) is 10.1 Å². The molecule has 0 aliphatic carbocycles. The molecule has 0 spiro atoms. The third-order valence-corrected chi connectivity index (χ3v) is 3.11. The van der Waals surface area contributed by atoms with E-state index in [-0.39, 0.29) is 6.04 Å². The minimum Gasteiger partial charge on any atom is -0.324 e. The normalized spacial score (nSPS) is 12.7. The van der Waals surface area contributed by atoms with Crippen LogP contribution in [0.5, 0.6) is 0 Å². The average molecular weight is 253 g/mol. The van der Waals surface area contributed by atoms with Crippen molar-refractivity contribution >= 4 is 5.78 Å². The second kappa shape index (κ2) is 4.78. The second-order valence-electron chi connectivity index (χ2n) is 4.58. The molecule has 1 aromatic carbocycles. The molecule has 0 amide bonds. The molecule has 5 nitrogen and oxygen atoms in total. The van der Waals surface area contributed by atoms with Crippen LogP contribution in [-0.4, -0.2) is 19.6 Å². The molecule has 2 N–H and O–H groups in total. The lowest BCUT2D eigenvalue weighted by atomic mass is 10.0. The summed E-state index contributed by atoms with van der Waals surface area (Å²) in [6.07, 6.45) is 2.21. The Bertz CT molecular complexity index is 689. The Kier molecular flexibility index (Phi) is 2.97. The summed E-state index contributed by atoms with van der Waals surface area (Å²) in [6, 6.07) is 12.0. The Hall–Kier alpha value is -2.27. The van der Waals surface area contributed by atoms with Crippen LogP contribution in [0, 0.1) is 6.92 Å². The van der Waals surface area contributed by atoms with Gasteiger partial charge in [0, 0.05) is 23.9 Å². The molecule has 3 aromatic rings. The van der Waals surface area contributed by atoms with Crippen molar-refractivity contribution in [2.75, 3.05) is 0 Å². The van der Waals surface area contributed by atoms with Crippen LogP contribution in [-0.2, 0) is 6.42 Å². The molecule has 2 heterocycles. The summed E-state index contributed by atoms with van der Waals surface area (Å²) in [4.78, 5) is 8.45. The van der Waals surface area contributed by atoms with E-state index in [9.17, 15) is 0 Å². The summed E-state index contributed by atoms with van der Waals surface area (Å²) in [7, 11) is 0. The van der Waals surface area contributed by atoms with Gasteiger partial charge in [0.1, 0.15) is 6.33 Å². The molecule has 0 aliphatic heterocycles. The van der Waals surface area contributed by atoms with Crippen molar-refractivity contribution in [3.63, 3.8) is 0 Å². The summed E-state index contributed by atoms with van der Waals surface area (Å²) < 4.78 is 1.75. The van der Waals surface area contributed by atoms with Crippen molar-refractivity contribution < 1.29 is 0 Å². The monoisotopic (exact) mass is 253 g/mol. The summed E-state index contributed by atoms with van der Waals surface area (Å²) in [5, 5.41) is 4.19. The number of aromatic nitrogens is 4. The summed E-state index contributed by atoms with van der Waals surface area (Å²) in [5.74, 6) is 0.621. The van der Waals surface area contributed by atoms with E-state index in [1.807, 2.05) is 43.3 Å². The van der Waals surface area contributed by atoms with E-state index in [0.717, 1.165) is 17.0 Å². The number of rotatable bonds is 3. The van der Waals surface area contributed by atoms with Gasteiger partial charge in [-0.3, -0.25) is 0 Å². The van der Waals surface area contributed by atoms with E-state index in [0.29, 0.717) is 12.2 Å². The largest absolute Gasteiger partial charge is 0.324 e. The number of fused-ring (bicyclic) bond motifs is 1. The molecule has 5 heteroatoms. The van der Waals surface area contributed by atoms with E-state index >= 15 is 0 Å². The number of hydrogen-bond donors (Lipinski definition) is 1. The topological polar surface area (TPSA) is 69.1 Å². The first kappa shape index (κ1) is 11.8. The zero-order valence-electron chi connectivity index (χ0n) is 10.7. The van der Waals surface area contributed by atoms with Crippen LogP contribution in [0.4, 0.5) is 0 Å². The SMILES string of the molecule is Cc1cc(CC(N)c2ccccc2)n2ncnc2n1. The van der Waals surface area contributed by atoms with Crippen molar-refractivity contribution in [1.29, 1.82) is 0 Å². The Morgan fingerprint density at radius 2 is 2.05 bits per heavy atom. The van der Waals surface area contributed by atoms with E-state index in [2.05, 4.69) is 15.1 Å². The van der Waals surface area contributed by atoms with E-state index in [1.54, 1.807) is 4.52 Å². The quantitative estimate of drug-likeness (QED) is 0.771. The predicted octanol–water partition coefficient (Wildman–Crippen LogP) is 1.68.